The Morgan fingerprint density at radius 2 is 1.81 bits per heavy atom. The van der Waals surface area contributed by atoms with E-state index in [4.69, 9.17) is 15.5 Å². The Balaban J connectivity index is 2.70. The molecule has 0 aliphatic carbocycles. The lowest BCUT2D eigenvalue weighted by Crippen LogP contribution is -2.41. The second-order valence-electron chi connectivity index (χ2n) is 4.33. The number of carbonyl (C=O) groups excluding carboxylic acids is 1. The van der Waals surface area contributed by atoms with Crippen LogP contribution in [-0.4, -0.2) is 34.1 Å². The van der Waals surface area contributed by atoms with E-state index in [9.17, 15) is 14.4 Å². The molecule has 7 heteroatoms. The number of nitrogens with zero attached hydrogens (tertiary/aromatic N) is 1. The second-order valence-corrected chi connectivity index (χ2v) is 4.33. The van der Waals surface area contributed by atoms with Crippen molar-refractivity contribution in [3.63, 3.8) is 0 Å². The van der Waals surface area contributed by atoms with Gasteiger partial charge in [-0.1, -0.05) is 12.1 Å². The maximum absolute atomic E-state index is 11.9. The van der Waals surface area contributed by atoms with Crippen molar-refractivity contribution in [1.29, 1.82) is 5.26 Å². The van der Waals surface area contributed by atoms with Gasteiger partial charge in [-0.15, -0.1) is 0 Å². The van der Waals surface area contributed by atoms with Crippen LogP contribution in [0.5, 0.6) is 0 Å². The molecule has 1 rings (SSSR count). The summed E-state index contributed by atoms with van der Waals surface area (Å²) in [6.07, 6.45) is -0.320. The fraction of sp³-hybridized carbons (Fsp3) is 0.286. The number of amides is 1. The standard InChI is InChI=1S/C14H14N2O5/c15-8-7-9-1-3-10(4-2-9)13(19)16-11(14(20)21)5-6-12(17)18/h1-4,11H,5-7H2,(H,16,19)(H,17,18)(H,20,21). The summed E-state index contributed by atoms with van der Waals surface area (Å²) in [6, 6.07) is 6.89. The molecule has 0 saturated heterocycles. The number of carboxylic acids is 2. The number of nitrogens with one attached hydrogen (secondary N) is 1. The molecule has 1 unspecified atom stereocenters. The van der Waals surface area contributed by atoms with Gasteiger partial charge in [-0.2, -0.15) is 5.26 Å². The number of carboxylic acid groups (broad SMARTS) is 2. The van der Waals surface area contributed by atoms with E-state index in [1.165, 1.54) is 12.1 Å². The van der Waals surface area contributed by atoms with Crippen molar-refractivity contribution in [2.24, 2.45) is 0 Å². The van der Waals surface area contributed by atoms with E-state index in [1.807, 2.05) is 6.07 Å². The Labute approximate surface area is 120 Å². The van der Waals surface area contributed by atoms with Crippen LogP contribution in [0.4, 0.5) is 0 Å². The molecule has 1 atom stereocenters. The first-order valence-corrected chi connectivity index (χ1v) is 6.15. The molecular formula is C14H14N2O5. The van der Waals surface area contributed by atoms with E-state index < -0.39 is 23.9 Å². The highest BCUT2D eigenvalue weighted by Gasteiger charge is 2.21. The molecule has 3 N–H and O–H groups in total. The van der Waals surface area contributed by atoms with E-state index >= 15 is 0 Å². The topological polar surface area (TPSA) is 127 Å². The molecule has 21 heavy (non-hydrogen) atoms. The van der Waals surface area contributed by atoms with Crippen molar-refractivity contribution in [3.8, 4) is 6.07 Å². The van der Waals surface area contributed by atoms with E-state index in [-0.39, 0.29) is 24.8 Å². The van der Waals surface area contributed by atoms with Gasteiger partial charge in [0.15, 0.2) is 0 Å². The minimum absolute atomic E-state index is 0.192. The summed E-state index contributed by atoms with van der Waals surface area (Å²) in [4.78, 5) is 33.3. The number of benzene rings is 1. The number of carbonyl (C=O) groups is 3. The summed E-state index contributed by atoms with van der Waals surface area (Å²) in [5.41, 5.74) is 0.993. The highest BCUT2D eigenvalue weighted by Crippen LogP contribution is 2.06. The van der Waals surface area contributed by atoms with Gasteiger partial charge in [-0.3, -0.25) is 9.59 Å². The minimum Gasteiger partial charge on any atom is -0.481 e. The summed E-state index contributed by atoms with van der Waals surface area (Å²) in [7, 11) is 0. The second kappa shape index (κ2) is 7.65. The zero-order chi connectivity index (χ0) is 15.8. The first-order chi connectivity index (χ1) is 9.93. The molecule has 0 aliphatic rings. The van der Waals surface area contributed by atoms with Crippen LogP contribution < -0.4 is 5.32 Å². The average molecular weight is 290 g/mol. The molecule has 0 saturated carbocycles. The number of hydrogen-bond acceptors (Lipinski definition) is 4. The third kappa shape index (κ3) is 5.32. The normalized spacial score (nSPS) is 11.2. The first kappa shape index (κ1) is 16.2. The molecule has 0 fully saturated rings. The molecule has 0 aromatic heterocycles. The lowest BCUT2D eigenvalue weighted by molar-refractivity contribution is -0.140. The van der Waals surface area contributed by atoms with Crippen molar-refractivity contribution in [1.82, 2.24) is 5.32 Å². The Morgan fingerprint density at radius 3 is 2.29 bits per heavy atom. The molecule has 1 aromatic carbocycles. The van der Waals surface area contributed by atoms with E-state index in [0.29, 0.717) is 0 Å². The van der Waals surface area contributed by atoms with Crippen molar-refractivity contribution in [2.45, 2.75) is 25.3 Å². The van der Waals surface area contributed by atoms with E-state index in [2.05, 4.69) is 5.32 Å². The van der Waals surface area contributed by atoms with Crippen LogP contribution in [0.15, 0.2) is 24.3 Å². The van der Waals surface area contributed by atoms with Crippen molar-refractivity contribution >= 4 is 17.8 Å². The summed E-state index contributed by atoms with van der Waals surface area (Å²) < 4.78 is 0. The molecule has 1 aromatic rings. The molecule has 0 radical (unpaired) electrons. The Morgan fingerprint density at radius 1 is 1.19 bits per heavy atom. The van der Waals surface area contributed by atoms with Crippen LogP contribution in [-0.2, 0) is 16.0 Å². The fourth-order valence-corrected chi connectivity index (χ4v) is 1.63. The van der Waals surface area contributed by atoms with Gasteiger partial charge in [-0.25, -0.2) is 4.79 Å². The first-order valence-electron chi connectivity index (χ1n) is 6.15. The Hall–Kier alpha value is -2.88. The molecule has 0 bridgehead atoms. The zero-order valence-corrected chi connectivity index (χ0v) is 11.1. The SMILES string of the molecule is N#CCc1ccc(C(=O)NC(CCC(=O)O)C(=O)O)cc1. The molecule has 110 valence electrons. The van der Waals surface area contributed by atoms with E-state index in [0.717, 1.165) is 5.56 Å². The van der Waals surface area contributed by atoms with Gasteiger partial charge in [0.25, 0.3) is 5.91 Å². The van der Waals surface area contributed by atoms with Crippen molar-refractivity contribution in [2.75, 3.05) is 0 Å². The molecule has 7 nitrogen and oxygen atoms in total. The summed E-state index contributed by atoms with van der Waals surface area (Å²) in [5.74, 6) is -3.02. The maximum atomic E-state index is 11.9. The summed E-state index contributed by atoms with van der Waals surface area (Å²) >= 11 is 0. The summed E-state index contributed by atoms with van der Waals surface area (Å²) in [6.45, 7) is 0. The minimum atomic E-state index is -1.29. The third-order valence-electron chi connectivity index (χ3n) is 2.75. The highest BCUT2D eigenvalue weighted by atomic mass is 16.4. The zero-order valence-electron chi connectivity index (χ0n) is 11.1. The lowest BCUT2D eigenvalue weighted by Gasteiger charge is -2.13. The monoisotopic (exact) mass is 290 g/mol. The van der Waals surface area contributed by atoms with Crippen LogP contribution in [0.3, 0.4) is 0 Å². The van der Waals surface area contributed by atoms with Gasteiger partial charge in [0.2, 0.25) is 0 Å². The largest absolute Gasteiger partial charge is 0.481 e. The number of nitriles is 1. The predicted molar refractivity (Wildman–Crippen MR) is 71.5 cm³/mol. The summed E-state index contributed by atoms with van der Waals surface area (Å²) in [5, 5.41) is 28.3. The Kier molecular flexibility index (Phi) is 5.89. The van der Waals surface area contributed by atoms with Crippen molar-refractivity contribution < 1.29 is 24.6 Å². The quantitative estimate of drug-likeness (QED) is 0.681. The van der Waals surface area contributed by atoms with Crippen LogP contribution in [0.1, 0.15) is 28.8 Å². The molecule has 0 aliphatic heterocycles. The van der Waals surface area contributed by atoms with Gasteiger partial charge < -0.3 is 15.5 Å². The fourth-order valence-electron chi connectivity index (χ4n) is 1.63. The maximum Gasteiger partial charge on any atom is 0.326 e. The Bertz CT molecular complexity index is 574. The third-order valence-corrected chi connectivity index (χ3v) is 2.75. The van der Waals surface area contributed by atoms with Gasteiger partial charge >= 0.3 is 11.9 Å². The van der Waals surface area contributed by atoms with Crippen LogP contribution in [0.25, 0.3) is 0 Å². The molecule has 1 amide bonds. The lowest BCUT2D eigenvalue weighted by atomic mass is 10.1. The van der Waals surface area contributed by atoms with Gasteiger partial charge in [0.05, 0.1) is 12.5 Å². The van der Waals surface area contributed by atoms with Crippen LogP contribution >= 0.6 is 0 Å². The predicted octanol–water partition coefficient (Wildman–Crippen LogP) is 0.800. The number of hydrogen-bond donors (Lipinski definition) is 3. The van der Waals surface area contributed by atoms with Gasteiger partial charge in [0, 0.05) is 12.0 Å². The number of aliphatic carboxylic acids is 2. The van der Waals surface area contributed by atoms with E-state index in [1.54, 1.807) is 12.1 Å². The molecule has 0 spiro atoms. The van der Waals surface area contributed by atoms with Crippen molar-refractivity contribution in [3.05, 3.63) is 35.4 Å². The highest BCUT2D eigenvalue weighted by molar-refractivity contribution is 5.96. The van der Waals surface area contributed by atoms with Crippen LogP contribution in [0.2, 0.25) is 0 Å². The molecule has 0 heterocycles. The molecular weight excluding hydrogens is 276 g/mol. The van der Waals surface area contributed by atoms with Gasteiger partial charge in [0.1, 0.15) is 6.04 Å². The van der Waals surface area contributed by atoms with Crippen LogP contribution in [0, 0.1) is 11.3 Å². The van der Waals surface area contributed by atoms with Gasteiger partial charge in [-0.05, 0) is 24.1 Å². The average Bonchev–Trinajstić information content (AvgIpc) is 2.43. The smallest absolute Gasteiger partial charge is 0.326 e. The number of rotatable bonds is 7.